The number of hydrogen-bond donors (Lipinski definition) is 1. The second kappa shape index (κ2) is 3.80. The molecule has 0 amide bonds. The van der Waals surface area contributed by atoms with E-state index in [0.717, 1.165) is 0 Å². The van der Waals surface area contributed by atoms with Crippen LogP contribution in [0.3, 0.4) is 0 Å². The number of rotatable bonds is 3. The van der Waals surface area contributed by atoms with E-state index in [4.69, 9.17) is 5.90 Å². The minimum atomic E-state index is -0.464. The molecular formula is C7H8N2O3. The molecule has 0 aromatic heterocycles. The molecule has 0 fully saturated rings. The Bertz CT molecular complexity index is 288. The molecule has 0 radical (unpaired) electrons. The molecule has 2 N–H and O–H groups in total. The molecule has 1 aromatic carbocycles. The molecule has 0 saturated heterocycles. The summed E-state index contributed by atoms with van der Waals surface area (Å²) in [5.41, 5.74) is 0.507. The fourth-order valence-corrected chi connectivity index (χ4v) is 0.901. The first-order chi connectivity index (χ1) is 5.75. The van der Waals surface area contributed by atoms with Crippen LogP contribution >= 0.6 is 0 Å². The first-order valence-electron chi connectivity index (χ1n) is 3.29. The number of nitro benzene ring substituents is 1. The lowest BCUT2D eigenvalue weighted by molar-refractivity contribution is -0.386. The zero-order chi connectivity index (χ0) is 8.97. The number of benzene rings is 1. The minimum Gasteiger partial charge on any atom is -0.300 e. The Hall–Kier alpha value is -1.46. The summed E-state index contributed by atoms with van der Waals surface area (Å²) < 4.78 is 0. The van der Waals surface area contributed by atoms with Crippen molar-refractivity contribution < 1.29 is 9.76 Å². The van der Waals surface area contributed by atoms with E-state index < -0.39 is 4.92 Å². The molecule has 0 aliphatic carbocycles. The highest BCUT2D eigenvalue weighted by Gasteiger charge is 2.10. The van der Waals surface area contributed by atoms with Crippen molar-refractivity contribution in [3.05, 3.63) is 39.9 Å². The zero-order valence-corrected chi connectivity index (χ0v) is 6.27. The Labute approximate surface area is 68.9 Å². The van der Waals surface area contributed by atoms with Crippen LogP contribution in [0.25, 0.3) is 0 Å². The first kappa shape index (κ1) is 8.63. The lowest BCUT2D eigenvalue weighted by Gasteiger charge is -1.99. The van der Waals surface area contributed by atoms with Gasteiger partial charge in [0.15, 0.2) is 0 Å². The topological polar surface area (TPSA) is 78.4 Å². The van der Waals surface area contributed by atoms with Crippen molar-refractivity contribution in [3.8, 4) is 0 Å². The Balaban J connectivity index is 3.00. The Morgan fingerprint density at radius 2 is 2.17 bits per heavy atom. The van der Waals surface area contributed by atoms with Gasteiger partial charge >= 0.3 is 0 Å². The maximum atomic E-state index is 10.4. The van der Waals surface area contributed by atoms with Crippen LogP contribution in [0, 0.1) is 10.1 Å². The highest BCUT2D eigenvalue weighted by atomic mass is 16.6. The summed E-state index contributed by atoms with van der Waals surface area (Å²) >= 11 is 0. The van der Waals surface area contributed by atoms with Crippen LogP contribution in [0.5, 0.6) is 0 Å². The standard InChI is InChI=1S/C7H8N2O3/c8-12-5-6-3-1-2-4-7(6)9(10)11/h1-4H,5,8H2. The van der Waals surface area contributed by atoms with E-state index in [-0.39, 0.29) is 12.3 Å². The lowest BCUT2D eigenvalue weighted by atomic mass is 10.2. The molecule has 12 heavy (non-hydrogen) atoms. The summed E-state index contributed by atoms with van der Waals surface area (Å²) in [5, 5.41) is 10.4. The molecule has 0 spiro atoms. The van der Waals surface area contributed by atoms with E-state index in [1.54, 1.807) is 18.2 Å². The molecule has 64 valence electrons. The molecule has 0 aliphatic heterocycles. The normalized spacial score (nSPS) is 9.75. The zero-order valence-electron chi connectivity index (χ0n) is 6.27. The third-order valence-corrected chi connectivity index (χ3v) is 1.43. The van der Waals surface area contributed by atoms with Crippen LogP contribution in [0.15, 0.2) is 24.3 Å². The summed E-state index contributed by atoms with van der Waals surface area (Å²) in [7, 11) is 0. The van der Waals surface area contributed by atoms with E-state index in [0.29, 0.717) is 5.56 Å². The van der Waals surface area contributed by atoms with Crippen molar-refractivity contribution in [2.45, 2.75) is 6.61 Å². The highest BCUT2D eigenvalue weighted by Crippen LogP contribution is 2.17. The highest BCUT2D eigenvalue weighted by molar-refractivity contribution is 5.39. The molecule has 0 atom stereocenters. The number of para-hydroxylation sites is 1. The third kappa shape index (κ3) is 1.77. The fraction of sp³-hybridized carbons (Fsp3) is 0.143. The maximum absolute atomic E-state index is 10.4. The predicted molar refractivity (Wildman–Crippen MR) is 42.1 cm³/mol. The van der Waals surface area contributed by atoms with Gasteiger partial charge in [0.05, 0.1) is 17.1 Å². The van der Waals surface area contributed by atoms with Gasteiger partial charge < -0.3 is 0 Å². The molecule has 5 heteroatoms. The van der Waals surface area contributed by atoms with Gasteiger partial charge in [-0.2, -0.15) is 0 Å². The molecule has 0 saturated carbocycles. The van der Waals surface area contributed by atoms with Crippen molar-refractivity contribution in [2.24, 2.45) is 5.90 Å². The van der Waals surface area contributed by atoms with Gasteiger partial charge in [-0.25, -0.2) is 5.90 Å². The number of nitrogens with two attached hydrogens (primary N) is 1. The molecular weight excluding hydrogens is 160 g/mol. The summed E-state index contributed by atoms with van der Waals surface area (Å²) in [6.07, 6.45) is 0. The van der Waals surface area contributed by atoms with Gasteiger partial charge in [-0.1, -0.05) is 12.1 Å². The molecule has 1 aromatic rings. The quantitative estimate of drug-likeness (QED) is 0.539. The summed E-state index contributed by atoms with van der Waals surface area (Å²) in [5.74, 6) is 4.81. The van der Waals surface area contributed by atoms with Crippen LogP contribution in [0.4, 0.5) is 5.69 Å². The van der Waals surface area contributed by atoms with Crippen molar-refractivity contribution >= 4 is 5.69 Å². The van der Waals surface area contributed by atoms with Crippen molar-refractivity contribution in [2.75, 3.05) is 0 Å². The maximum Gasteiger partial charge on any atom is 0.274 e. The van der Waals surface area contributed by atoms with Crippen LogP contribution in [0.2, 0.25) is 0 Å². The molecule has 0 bridgehead atoms. The lowest BCUT2D eigenvalue weighted by Crippen LogP contribution is -2.01. The average molecular weight is 168 g/mol. The summed E-state index contributed by atoms with van der Waals surface area (Å²) in [6.45, 7) is 0.0527. The van der Waals surface area contributed by atoms with E-state index in [9.17, 15) is 10.1 Å². The van der Waals surface area contributed by atoms with Gasteiger partial charge in [0.1, 0.15) is 0 Å². The second-order valence-electron chi connectivity index (χ2n) is 2.20. The Morgan fingerprint density at radius 3 is 2.75 bits per heavy atom. The Morgan fingerprint density at radius 1 is 1.50 bits per heavy atom. The summed E-state index contributed by atoms with van der Waals surface area (Å²) in [6, 6.07) is 6.30. The van der Waals surface area contributed by atoms with Gasteiger partial charge in [-0.05, 0) is 6.07 Å². The molecule has 1 rings (SSSR count). The van der Waals surface area contributed by atoms with Gasteiger partial charge in [-0.3, -0.25) is 15.0 Å². The van der Waals surface area contributed by atoms with Gasteiger partial charge in [0, 0.05) is 6.07 Å². The fourth-order valence-electron chi connectivity index (χ4n) is 0.901. The van der Waals surface area contributed by atoms with Crippen LogP contribution in [-0.2, 0) is 11.4 Å². The Kier molecular flexibility index (Phi) is 2.73. The smallest absolute Gasteiger partial charge is 0.274 e. The first-order valence-corrected chi connectivity index (χ1v) is 3.29. The molecule has 0 aliphatic rings. The summed E-state index contributed by atoms with van der Waals surface area (Å²) in [4.78, 5) is 14.3. The van der Waals surface area contributed by atoms with E-state index in [2.05, 4.69) is 4.84 Å². The SMILES string of the molecule is NOCc1ccccc1[N+](=O)[O-]. The average Bonchev–Trinajstić information content (AvgIpc) is 2.05. The van der Waals surface area contributed by atoms with Crippen molar-refractivity contribution in [3.63, 3.8) is 0 Å². The number of nitrogens with zero attached hydrogens (tertiary/aromatic N) is 1. The minimum absolute atomic E-state index is 0.0305. The van der Waals surface area contributed by atoms with Crippen LogP contribution in [0.1, 0.15) is 5.56 Å². The van der Waals surface area contributed by atoms with E-state index >= 15 is 0 Å². The van der Waals surface area contributed by atoms with E-state index in [1.165, 1.54) is 6.07 Å². The largest absolute Gasteiger partial charge is 0.300 e. The second-order valence-corrected chi connectivity index (χ2v) is 2.20. The van der Waals surface area contributed by atoms with Gasteiger partial charge in [-0.15, -0.1) is 0 Å². The van der Waals surface area contributed by atoms with Crippen molar-refractivity contribution in [1.82, 2.24) is 0 Å². The third-order valence-electron chi connectivity index (χ3n) is 1.43. The van der Waals surface area contributed by atoms with Crippen LogP contribution < -0.4 is 5.90 Å². The molecule has 0 heterocycles. The molecule has 0 unspecified atom stereocenters. The van der Waals surface area contributed by atoms with Crippen LogP contribution in [-0.4, -0.2) is 4.92 Å². The van der Waals surface area contributed by atoms with Gasteiger partial charge in [0.25, 0.3) is 5.69 Å². The van der Waals surface area contributed by atoms with Gasteiger partial charge in [0.2, 0.25) is 0 Å². The number of hydrogen-bond acceptors (Lipinski definition) is 4. The predicted octanol–water partition coefficient (Wildman–Crippen LogP) is 0.985. The monoisotopic (exact) mass is 168 g/mol. The molecule has 5 nitrogen and oxygen atoms in total. The number of nitro groups is 1. The van der Waals surface area contributed by atoms with E-state index in [1.807, 2.05) is 0 Å². The van der Waals surface area contributed by atoms with Crippen molar-refractivity contribution in [1.29, 1.82) is 0 Å².